The third-order valence-electron chi connectivity index (χ3n) is 6.84. The van der Waals surface area contributed by atoms with Gasteiger partial charge >= 0.3 is 0 Å². The van der Waals surface area contributed by atoms with Crippen LogP contribution in [0.25, 0.3) is 5.69 Å². The van der Waals surface area contributed by atoms with Crippen LogP contribution in [-0.2, 0) is 0 Å². The molecule has 0 spiro atoms. The van der Waals surface area contributed by atoms with Gasteiger partial charge in [-0.2, -0.15) is 15.0 Å². The van der Waals surface area contributed by atoms with Crippen molar-refractivity contribution in [3.8, 4) is 23.4 Å². The van der Waals surface area contributed by atoms with Crippen molar-refractivity contribution in [2.45, 2.75) is 51.5 Å². The molecule has 1 N–H and O–H groups in total. The number of fused-ring (bicyclic) bond motifs is 2. The number of amides is 1. The highest BCUT2D eigenvalue weighted by Gasteiger charge is 2.46. The number of carbonyl (C=O) groups is 1. The van der Waals surface area contributed by atoms with Crippen LogP contribution in [-0.4, -0.2) is 21.2 Å². The number of nitrogens with one attached hydrogen (secondary N) is 1. The van der Waals surface area contributed by atoms with Gasteiger partial charge in [0.2, 0.25) is 5.88 Å². The maximum Gasteiger partial charge on any atom is 0.273 e. The monoisotopic (exact) mass is 494 g/mol. The van der Waals surface area contributed by atoms with Crippen LogP contribution in [0.2, 0.25) is 10.0 Å². The fourth-order valence-corrected chi connectivity index (χ4v) is 5.83. The SMILES string of the molecule is Cc1cc(C)cc(Oc2c(C#N)c(C(=O)NC34CCC(CC3)C4)nn2-c2ccc(Cl)cc2Cl)c1. The third-order valence-corrected chi connectivity index (χ3v) is 7.38. The smallest absolute Gasteiger partial charge is 0.273 e. The summed E-state index contributed by atoms with van der Waals surface area (Å²) in [4.78, 5) is 13.4. The minimum atomic E-state index is -0.367. The summed E-state index contributed by atoms with van der Waals surface area (Å²) in [6, 6.07) is 12.8. The van der Waals surface area contributed by atoms with Gasteiger partial charge in [0.1, 0.15) is 17.4 Å². The van der Waals surface area contributed by atoms with Gasteiger partial charge < -0.3 is 10.1 Å². The van der Waals surface area contributed by atoms with Crippen LogP contribution in [0.3, 0.4) is 0 Å². The normalized spacial score (nSPS) is 20.9. The van der Waals surface area contributed by atoms with E-state index >= 15 is 0 Å². The molecule has 1 heterocycles. The van der Waals surface area contributed by atoms with Crippen LogP contribution < -0.4 is 10.1 Å². The minimum absolute atomic E-state index is 0.0256. The Kier molecular flexibility index (Phi) is 5.79. The molecule has 2 fully saturated rings. The van der Waals surface area contributed by atoms with Gasteiger partial charge in [-0.1, -0.05) is 29.3 Å². The lowest BCUT2D eigenvalue weighted by Crippen LogP contribution is -2.45. The molecule has 174 valence electrons. The van der Waals surface area contributed by atoms with Crippen LogP contribution in [0, 0.1) is 31.1 Å². The van der Waals surface area contributed by atoms with E-state index in [0.717, 1.165) is 43.2 Å². The van der Waals surface area contributed by atoms with Crippen molar-refractivity contribution < 1.29 is 9.53 Å². The second-order valence-electron chi connectivity index (χ2n) is 9.46. The summed E-state index contributed by atoms with van der Waals surface area (Å²) in [5.74, 6) is 0.980. The summed E-state index contributed by atoms with van der Waals surface area (Å²) >= 11 is 12.6. The number of carbonyl (C=O) groups excluding carboxylic acids is 1. The molecule has 1 aromatic heterocycles. The highest BCUT2D eigenvalue weighted by atomic mass is 35.5. The summed E-state index contributed by atoms with van der Waals surface area (Å²) in [6.07, 6.45) is 5.15. The van der Waals surface area contributed by atoms with E-state index in [1.54, 1.807) is 18.2 Å². The summed E-state index contributed by atoms with van der Waals surface area (Å²) < 4.78 is 7.61. The van der Waals surface area contributed by atoms with E-state index in [-0.39, 0.29) is 28.6 Å². The van der Waals surface area contributed by atoms with Crippen molar-refractivity contribution in [3.63, 3.8) is 0 Å². The molecule has 2 bridgehead atoms. The van der Waals surface area contributed by atoms with Crippen LogP contribution in [0.4, 0.5) is 0 Å². The van der Waals surface area contributed by atoms with E-state index in [1.165, 1.54) is 4.68 Å². The number of rotatable bonds is 5. The largest absolute Gasteiger partial charge is 0.438 e. The van der Waals surface area contributed by atoms with Gasteiger partial charge in [-0.3, -0.25) is 4.79 Å². The number of aryl methyl sites for hydroxylation is 2. The molecule has 1 amide bonds. The van der Waals surface area contributed by atoms with Crippen molar-refractivity contribution in [3.05, 3.63) is 68.8 Å². The van der Waals surface area contributed by atoms with E-state index in [0.29, 0.717) is 27.4 Å². The second kappa shape index (κ2) is 8.65. The van der Waals surface area contributed by atoms with Gasteiger partial charge in [0.05, 0.1) is 10.7 Å². The molecule has 0 radical (unpaired) electrons. The molecule has 0 atom stereocenters. The van der Waals surface area contributed by atoms with E-state index in [2.05, 4.69) is 16.5 Å². The number of ether oxygens (including phenoxy) is 1. The Balaban J connectivity index is 1.61. The Morgan fingerprint density at radius 2 is 1.88 bits per heavy atom. The molecule has 2 aromatic carbocycles. The van der Waals surface area contributed by atoms with Crippen molar-refractivity contribution in [2.75, 3.05) is 0 Å². The van der Waals surface area contributed by atoms with Gasteiger partial charge in [-0.25, -0.2) is 0 Å². The zero-order chi connectivity index (χ0) is 24.0. The van der Waals surface area contributed by atoms with Crippen LogP contribution in [0.5, 0.6) is 11.6 Å². The molecule has 8 heteroatoms. The molecule has 0 aliphatic heterocycles. The molecule has 6 nitrogen and oxygen atoms in total. The predicted molar refractivity (Wildman–Crippen MR) is 131 cm³/mol. The number of aromatic nitrogens is 2. The zero-order valence-corrected chi connectivity index (χ0v) is 20.5. The second-order valence-corrected chi connectivity index (χ2v) is 10.3. The fraction of sp³-hybridized carbons (Fsp3) is 0.346. The Labute approximate surface area is 208 Å². The summed E-state index contributed by atoms with van der Waals surface area (Å²) in [7, 11) is 0. The average molecular weight is 495 g/mol. The molecule has 2 aliphatic rings. The minimum Gasteiger partial charge on any atom is -0.438 e. The first-order valence-electron chi connectivity index (χ1n) is 11.3. The van der Waals surface area contributed by atoms with Crippen molar-refractivity contribution in [1.29, 1.82) is 5.26 Å². The molecule has 0 saturated heterocycles. The maximum atomic E-state index is 13.4. The standard InChI is InChI=1S/C26H24Cl2N4O2/c1-15-9-16(2)11-19(10-15)34-25-20(14-29)23(24(33)30-26-7-5-17(13-26)6-8-26)31-32(25)22-4-3-18(27)12-21(22)28/h3-4,9-12,17H,5-8,13H2,1-2H3,(H,30,33). The van der Waals surface area contributed by atoms with Gasteiger partial charge in [0, 0.05) is 10.6 Å². The quantitative estimate of drug-likeness (QED) is 0.437. The van der Waals surface area contributed by atoms with Gasteiger partial charge in [-0.05, 0) is 93.3 Å². The number of hydrogen-bond donors (Lipinski definition) is 1. The van der Waals surface area contributed by atoms with E-state index in [9.17, 15) is 10.1 Å². The highest BCUT2D eigenvalue weighted by Crippen LogP contribution is 2.47. The topological polar surface area (TPSA) is 79.9 Å². The summed E-state index contributed by atoms with van der Waals surface area (Å²) in [6.45, 7) is 3.93. The predicted octanol–water partition coefficient (Wildman–Crippen LogP) is 6.52. The van der Waals surface area contributed by atoms with Gasteiger partial charge in [0.25, 0.3) is 5.91 Å². The first-order chi connectivity index (χ1) is 16.3. The molecule has 0 unspecified atom stereocenters. The van der Waals surface area contributed by atoms with Gasteiger partial charge in [-0.15, -0.1) is 0 Å². The van der Waals surface area contributed by atoms with Crippen molar-refractivity contribution >= 4 is 29.1 Å². The van der Waals surface area contributed by atoms with E-state index in [4.69, 9.17) is 27.9 Å². The maximum absolute atomic E-state index is 13.4. The molecule has 2 saturated carbocycles. The number of nitrogens with zero attached hydrogens (tertiary/aromatic N) is 3. The lowest BCUT2D eigenvalue weighted by Gasteiger charge is -2.27. The lowest BCUT2D eigenvalue weighted by atomic mass is 9.93. The first-order valence-corrected chi connectivity index (χ1v) is 12.1. The fourth-order valence-electron chi connectivity index (χ4n) is 5.34. The Morgan fingerprint density at radius 1 is 1.18 bits per heavy atom. The van der Waals surface area contributed by atoms with Crippen molar-refractivity contribution in [1.82, 2.24) is 15.1 Å². The molecule has 5 rings (SSSR count). The third kappa shape index (κ3) is 4.15. The average Bonchev–Trinajstić information content (AvgIpc) is 3.46. The highest BCUT2D eigenvalue weighted by molar-refractivity contribution is 6.35. The Bertz CT molecular complexity index is 1310. The molecule has 34 heavy (non-hydrogen) atoms. The van der Waals surface area contributed by atoms with Crippen LogP contribution in [0.1, 0.15) is 59.3 Å². The number of hydrogen-bond acceptors (Lipinski definition) is 4. The van der Waals surface area contributed by atoms with Crippen molar-refractivity contribution in [2.24, 2.45) is 5.92 Å². The van der Waals surface area contributed by atoms with Crippen LogP contribution >= 0.6 is 23.2 Å². The molecular weight excluding hydrogens is 471 g/mol. The van der Waals surface area contributed by atoms with Gasteiger partial charge in [0.15, 0.2) is 5.69 Å². The van der Waals surface area contributed by atoms with Crippen LogP contribution in [0.15, 0.2) is 36.4 Å². The summed E-state index contributed by atoms with van der Waals surface area (Å²) in [5, 5.41) is 18.6. The van der Waals surface area contributed by atoms with E-state index in [1.807, 2.05) is 32.0 Å². The first kappa shape index (κ1) is 22.8. The molecule has 3 aromatic rings. The number of nitriles is 1. The lowest BCUT2D eigenvalue weighted by molar-refractivity contribution is 0.0895. The number of benzene rings is 2. The summed E-state index contributed by atoms with van der Waals surface area (Å²) in [5.41, 5.74) is 2.37. The van der Waals surface area contributed by atoms with E-state index < -0.39 is 0 Å². The number of halogens is 2. The Morgan fingerprint density at radius 3 is 2.47 bits per heavy atom. The molecular formula is C26H24Cl2N4O2. The Hall–Kier alpha value is -3.01. The zero-order valence-electron chi connectivity index (χ0n) is 19.0. The molecule has 2 aliphatic carbocycles.